The van der Waals surface area contributed by atoms with Crippen LogP contribution in [0, 0.1) is 5.41 Å². The number of fused-ring (bicyclic) bond motifs is 2. The van der Waals surface area contributed by atoms with E-state index in [1.165, 1.54) is 16.8 Å². The number of ether oxygens (including phenoxy) is 2. The zero-order chi connectivity index (χ0) is 23.7. The van der Waals surface area contributed by atoms with Crippen molar-refractivity contribution in [1.82, 2.24) is 9.58 Å². The van der Waals surface area contributed by atoms with Crippen molar-refractivity contribution in [2.45, 2.75) is 19.9 Å². The minimum absolute atomic E-state index is 0.0430. The summed E-state index contributed by atoms with van der Waals surface area (Å²) in [6.45, 7) is 3.10. The summed E-state index contributed by atoms with van der Waals surface area (Å²) in [5.74, 6) is 1.06. The van der Waals surface area contributed by atoms with Crippen molar-refractivity contribution >= 4 is 50.7 Å². The summed E-state index contributed by atoms with van der Waals surface area (Å²) >= 11 is 1.30. The number of rotatable bonds is 7. The van der Waals surface area contributed by atoms with E-state index in [0.717, 1.165) is 40.2 Å². The highest BCUT2D eigenvalue weighted by molar-refractivity contribution is 8.26. The lowest BCUT2D eigenvalue weighted by Gasteiger charge is -2.20. The van der Waals surface area contributed by atoms with Crippen LogP contribution in [0.4, 0.5) is 0 Å². The molecule has 2 aliphatic rings. The van der Waals surface area contributed by atoms with Crippen LogP contribution in [0.2, 0.25) is 0 Å². The number of carbonyl (C=O) groups is 1. The first-order chi connectivity index (χ1) is 16.5. The molecule has 0 atom stereocenters. The van der Waals surface area contributed by atoms with Crippen molar-refractivity contribution in [2.75, 3.05) is 13.7 Å². The van der Waals surface area contributed by atoms with Crippen LogP contribution in [0.15, 0.2) is 70.4 Å². The van der Waals surface area contributed by atoms with Crippen molar-refractivity contribution in [1.29, 1.82) is 5.41 Å². The van der Waals surface area contributed by atoms with Gasteiger partial charge in [0, 0.05) is 29.2 Å². The molecule has 0 saturated carbocycles. The van der Waals surface area contributed by atoms with E-state index in [1.807, 2.05) is 61.7 Å². The van der Waals surface area contributed by atoms with Gasteiger partial charge in [-0.25, -0.2) is 0 Å². The highest BCUT2D eigenvalue weighted by atomic mass is 32.2. The molecule has 0 unspecified atom stereocenters. The fourth-order valence-corrected chi connectivity index (χ4v) is 4.71. The van der Waals surface area contributed by atoms with E-state index in [1.54, 1.807) is 13.2 Å². The normalized spacial score (nSPS) is 16.6. The second-order valence-electron chi connectivity index (χ2n) is 7.79. The van der Waals surface area contributed by atoms with Gasteiger partial charge in [0.25, 0.3) is 5.91 Å². The lowest BCUT2D eigenvalue weighted by atomic mass is 10.1. The number of aliphatic imine (C=N–C) groups is 1. The fraction of sp³-hybridized carbons (Fsp3) is 0.200. The highest BCUT2D eigenvalue weighted by Gasteiger charge is 2.34. The molecule has 1 amide bonds. The number of hydrogen-bond acceptors (Lipinski definition) is 6. The van der Waals surface area contributed by atoms with Crippen molar-refractivity contribution in [3.63, 3.8) is 0 Å². The number of hydrogen-bond donors (Lipinski definition) is 1. The van der Waals surface area contributed by atoms with Gasteiger partial charge in [-0.2, -0.15) is 15.1 Å². The van der Waals surface area contributed by atoms with Gasteiger partial charge in [0.05, 0.1) is 24.3 Å². The van der Waals surface area contributed by atoms with E-state index in [-0.39, 0.29) is 11.4 Å². The number of methoxy groups -OCH3 is 1. The van der Waals surface area contributed by atoms with E-state index in [2.05, 4.69) is 14.7 Å². The first-order valence-corrected chi connectivity index (χ1v) is 11.7. The number of amidine groups is 2. The third-order valence-electron chi connectivity index (χ3n) is 5.54. The quantitative estimate of drug-likeness (QED) is 0.395. The van der Waals surface area contributed by atoms with Crippen molar-refractivity contribution in [3.8, 4) is 11.5 Å². The molecule has 9 heteroatoms. The SMILES string of the molecule is COc1ccccc1OCCCn1cc(C=C2C(=N)N3N=C(C)SC3=NC2=O)c2ccccc21. The third-order valence-corrected chi connectivity index (χ3v) is 6.37. The van der Waals surface area contributed by atoms with Crippen LogP contribution in [0.5, 0.6) is 11.5 Å². The first kappa shape index (κ1) is 22.0. The number of thioether (sulfide) groups is 1. The molecular weight excluding hydrogens is 450 g/mol. The van der Waals surface area contributed by atoms with Gasteiger partial charge >= 0.3 is 0 Å². The van der Waals surface area contributed by atoms with E-state index < -0.39 is 5.91 Å². The second-order valence-corrected chi connectivity index (χ2v) is 8.95. The average Bonchev–Trinajstić information content (AvgIpc) is 3.39. The Labute approximate surface area is 201 Å². The molecule has 34 heavy (non-hydrogen) atoms. The number of para-hydroxylation sites is 3. The Balaban J connectivity index is 1.37. The molecular formula is C25H23N5O3S. The monoisotopic (exact) mass is 473 g/mol. The van der Waals surface area contributed by atoms with E-state index >= 15 is 0 Å². The Bertz CT molecular complexity index is 1390. The second kappa shape index (κ2) is 9.18. The number of benzene rings is 2. The minimum atomic E-state index is -0.421. The molecule has 2 aliphatic heterocycles. The number of hydrazone groups is 1. The predicted octanol–water partition coefficient (Wildman–Crippen LogP) is 4.76. The molecule has 0 bridgehead atoms. The summed E-state index contributed by atoms with van der Waals surface area (Å²) in [7, 11) is 1.63. The van der Waals surface area contributed by atoms with Crippen LogP contribution < -0.4 is 9.47 Å². The Hall–Kier alpha value is -3.85. The van der Waals surface area contributed by atoms with Gasteiger partial charge in [0.2, 0.25) is 5.17 Å². The molecule has 0 spiro atoms. The molecule has 5 rings (SSSR count). The van der Waals surface area contributed by atoms with Crippen LogP contribution in [0.25, 0.3) is 17.0 Å². The summed E-state index contributed by atoms with van der Waals surface area (Å²) in [6.07, 6.45) is 4.53. The summed E-state index contributed by atoms with van der Waals surface area (Å²) in [5, 5.41) is 16.4. The van der Waals surface area contributed by atoms with Gasteiger partial charge in [-0.1, -0.05) is 30.3 Å². The number of aromatic nitrogens is 1. The molecule has 1 aromatic heterocycles. The molecule has 0 saturated heterocycles. The lowest BCUT2D eigenvalue weighted by Crippen LogP contribution is -2.35. The molecule has 3 aromatic rings. The number of nitrogens with zero attached hydrogens (tertiary/aromatic N) is 4. The lowest BCUT2D eigenvalue weighted by molar-refractivity contribution is -0.114. The Morgan fingerprint density at radius 3 is 2.71 bits per heavy atom. The minimum Gasteiger partial charge on any atom is -0.493 e. The zero-order valence-corrected chi connectivity index (χ0v) is 19.6. The topological polar surface area (TPSA) is 92.3 Å². The zero-order valence-electron chi connectivity index (χ0n) is 18.8. The molecule has 3 heterocycles. The molecule has 0 fully saturated rings. The van der Waals surface area contributed by atoms with Crippen LogP contribution in [-0.2, 0) is 11.3 Å². The molecule has 2 aromatic carbocycles. The fourth-order valence-electron chi connectivity index (χ4n) is 3.97. The Morgan fingerprint density at radius 2 is 1.88 bits per heavy atom. The summed E-state index contributed by atoms with van der Waals surface area (Å²) in [4.78, 5) is 16.8. The molecule has 8 nitrogen and oxygen atoms in total. The number of aryl methyl sites for hydroxylation is 1. The number of nitrogens with one attached hydrogen (secondary N) is 1. The van der Waals surface area contributed by atoms with E-state index in [9.17, 15) is 4.79 Å². The molecule has 0 radical (unpaired) electrons. The van der Waals surface area contributed by atoms with Crippen LogP contribution in [-0.4, -0.2) is 45.2 Å². The number of carbonyl (C=O) groups excluding carboxylic acids is 1. The Kier molecular flexibility index (Phi) is 5.93. The van der Waals surface area contributed by atoms with Gasteiger partial charge in [-0.05, 0) is 49.4 Å². The van der Waals surface area contributed by atoms with Gasteiger partial charge in [0.1, 0.15) is 0 Å². The van der Waals surface area contributed by atoms with Gasteiger partial charge in [0.15, 0.2) is 17.3 Å². The highest BCUT2D eigenvalue weighted by Crippen LogP contribution is 2.30. The summed E-state index contributed by atoms with van der Waals surface area (Å²) in [5.41, 5.74) is 2.14. The van der Waals surface area contributed by atoms with Crippen molar-refractivity contribution in [2.24, 2.45) is 10.1 Å². The number of amides is 1. The van der Waals surface area contributed by atoms with Crippen molar-refractivity contribution in [3.05, 3.63) is 65.9 Å². The third kappa shape index (κ3) is 4.10. The average molecular weight is 474 g/mol. The summed E-state index contributed by atoms with van der Waals surface area (Å²) < 4.78 is 13.4. The standard InChI is InChI=1S/C25H23N5O3S/c1-16-28-30-23(26)19(24(31)27-25(30)34-16)14-17-15-29(20-9-4-3-8-18(17)20)12-7-13-33-22-11-6-5-10-21(22)32-2/h3-6,8-11,14-15,26H,7,12-13H2,1-2H3. The molecule has 0 aliphatic carbocycles. The van der Waals surface area contributed by atoms with E-state index in [4.69, 9.17) is 14.9 Å². The Morgan fingerprint density at radius 1 is 1.12 bits per heavy atom. The van der Waals surface area contributed by atoms with Crippen LogP contribution in [0.1, 0.15) is 18.9 Å². The van der Waals surface area contributed by atoms with Crippen LogP contribution in [0.3, 0.4) is 0 Å². The van der Waals surface area contributed by atoms with Gasteiger partial charge < -0.3 is 14.0 Å². The van der Waals surface area contributed by atoms with Gasteiger partial charge in [-0.15, -0.1) is 0 Å². The first-order valence-electron chi connectivity index (χ1n) is 10.9. The van der Waals surface area contributed by atoms with Crippen LogP contribution >= 0.6 is 11.8 Å². The van der Waals surface area contributed by atoms with Crippen molar-refractivity contribution < 1.29 is 14.3 Å². The molecule has 172 valence electrons. The summed E-state index contributed by atoms with van der Waals surface area (Å²) in [6, 6.07) is 15.6. The largest absolute Gasteiger partial charge is 0.493 e. The molecule has 1 N–H and O–H groups in total. The maximum Gasteiger partial charge on any atom is 0.283 e. The maximum atomic E-state index is 12.7. The predicted molar refractivity (Wildman–Crippen MR) is 136 cm³/mol. The maximum absolute atomic E-state index is 12.7. The van der Waals surface area contributed by atoms with Gasteiger partial charge in [-0.3, -0.25) is 10.2 Å². The smallest absolute Gasteiger partial charge is 0.283 e. The van der Waals surface area contributed by atoms with E-state index in [0.29, 0.717) is 17.5 Å².